The topological polar surface area (TPSA) is 46.2 Å². The number of rotatable bonds is 4. The van der Waals surface area contributed by atoms with E-state index in [1.807, 2.05) is 49.4 Å². The molecule has 0 radical (unpaired) electrons. The first-order valence-corrected chi connectivity index (χ1v) is 8.97. The molecule has 1 N–H and O–H groups in total. The maximum atomic E-state index is 12.2. The van der Waals surface area contributed by atoms with Gasteiger partial charge in [-0.3, -0.25) is 0 Å². The lowest BCUT2D eigenvalue weighted by Crippen LogP contribution is -2.26. The van der Waals surface area contributed by atoms with Crippen LogP contribution in [0.5, 0.6) is 0 Å². The lowest BCUT2D eigenvalue weighted by molar-refractivity contribution is 0.569. The molecule has 0 aliphatic heterocycles. The fraction of sp³-hybridized carbons (Fsp3) is 0.125. The van der Waals surface area contributed by atoms with E-state index in [1.54, 1.807) is 17.5 Å². The van der Waals surface area contributed by atoms with Gasteiger partial charge in [-0.1, -0.05) is 42.5 Å². The molecule has 1 aromatic heterocycles. The highest BCUT2D eigenvalue weighted by Crippen LogP contribution is 2.23. The minimum atomic E-state index is -3.45. The second kappa shape index (κ2) is 5.60. The summed E-state index contributed by atoms with van der Waals surface area (Å²) >= 11 is 1.22. The van der Waals surface area contributed by atoms with Gasteiger partial charge in [0, 0.05) is 6.04 Å². The van der Waals surface area contributed by atoms with E-state index in [1.165, 1.54) is 11.3 Å². The van der Waals surface area contributed by atoms with Crippen LogP contribution in [0.25, 0.3) is 10.8 Å². The molecular formula is C16H15NO2S2. The van der Waals surface area contributed by atoms with E-state index >= 15 is 0 Å². The molecule has 0 spiro atoms. The monoisotopic (exact) mass is 317 g/mol. The van der Waals surface area contributed by atoms with Crippen LogP contribution in [0, 0.1) is 0 Å². The van der Waals surface area contributed by atoms with Crippen LogP contribution in [0.15, 0.2) is 64.2 Å². The fourth-order valence-corrected chi connectivity index (χ4v) is 4.49. The smallest absolute Gasteiger partial charge is 0.206 e. The quantitative estimate of drug-likeness (QED) is 0.792. The van der Waals surface area contributed by atoms with Crippen molar-refractivity contribution in [3.8, 4) is 0 Å². The number of benzene rings is 2. The molecule has 3 rings (SSSR count). The predicted molar refractivity (Wildman–Crippen MR) is 87.0 cm³/mol. The summed E-state index contributed by atoms with van der Waals surface area (Å²) in [5, 5.41) is 4.02. The summed E-state index contributed by atoms with van der Waals surface area (Å²) in [6.45, 7) is 1.86. The second-order valence-corrected chi connectivity index (χ2v) is 7.77. The maximum Gasteiger partial charge on any atom is 0.250 e. The summed E-state index contributed by atoms with van der Waals surface area (Å²) < 4.78 is 27.5. The molecule has 3 aromatic rings. The van der Waals surface area contributed by atoms with Crippen LogP contribution in [-0.4, -0.2) is 8.42 Å². The maximum absolute atomic E-state index is 12.2. The number of hydrogen-bond acceptors (Lipinski definition) is 3. The van der Waals surface area contributed by atoms with Gasteiger partial charge in [0.15, 0.2) is 0 Å². The number of fused-ring (bicyclic) bond motifs is 1. The Kier molecular flexibility index (Phi) is 3.80. The van der Waals surface area contributed by atoms with Gasteiger partial charge in [0.1, 0.15) is 4.21 Å². The molecule has 21 heavy (non-hydrogen) atoms. The summed E-state index contributed by atoms with van der Waals surface area (Å²) in [4.78, 5) is 0. The molecule has 0 fully saturated rings. The van der Waals surface area contributed by atoms with Crippen LogP contribution < -0.4 is 4.72 Å². The van der Waals surface area contributed by atoms with Crippen LogP contribution in [0.4, 0.5) is 0 Å². The van der Waals surface area contributed by atoms with Gasteiger partial charge < -0.3 is 0 Å². The first kappa shape index (κ1) is 14.3. The van der Waals surface area contributed by atoms with Gasteiger partial charge >= 0.3 is 0 Å². The lowest BCUT2D eigenvalue weighted by Gasteiger charge is -2.14. The Hall–Kier alpha value is -1.69. The van der Waals surface area contributed by atoms with Gasteiger partial charge in [-0.25, -0.2) is 13.1 Å². The molecule has 108 valence electrons. The third-order valence-electron chi connectivity index (χ3n) is 3.37. The third-order valence-corrected chi connectivity index (χ3v) is 6.30. The molecule has 1 heterocycles. The largest absolute Gasteiger partial charge is 0.250 e. The molecule has 3 nitrogen and oxygen atoms in total. The summed E-state index contributed by atoms with van der Waals surface area (Å²) in [6.07, 6.45) is 0. The Morgan fingerprint density at radius 1 is 1.00 bits per heavy atom. The standard InChI is InChI=1S/C16H15NO2S2/c1-12(17-21(18,19)16-7-4-10-20-16)14-9-8-13-5-2-3-6-15(13)11-14/h2-12,17H,1H3. The average Bonchev–Trinajstić information content (AvgIpc) is 3.01. The summed E-state index contributed by atoms with van der Waals surface area (Å²) in [7, 11) is -3.45. The van der Waals surface area contributed by atoms with Gasteiger partial charge in [0.25, 0.3) is 10.0 Å². The third kappa shape index (κ3) is 3.00. The normalized spacial score (nSPS) is 13.4. The number of hydrogen-bond donors (Lipinski definition) is 1. The lowest BCUT2D eigenvalue weighted by atomic mass is 10.0. The van der Waals surface area contributed by atoms with Crippen molar-refractivity contribution in [1.82, 2.24) is 4.72 Å². The highest BCUT2D eigenvalue weighted by atomic mass is 32.2. The molecule has 2 aromatic carbocycles. The average molecular weight is 317 g/mol. The summed E-state index contributed by atoms with van der Waals surface area (Å²) in [5.41, 5.74) is 0.953. The van der Waals surface area contributed by atoms with E-state index in [0.717, 1.165) is 16.3 Å². The number of sulfonamides is 1. The molecule has 1 unspecified atom stereocenters. The van der Waals surface area contributed by atoms with Crippen molar-refractivity contribution >= 4 is 32.1 Å². The predicted octanol–water partition coefficient (Wildman–Crippen LogP) is 3.94. The summed E-state index contributed by atoms with van der Waals surface area (Å²) in [5.74, 6) is 0. The molecule has 0 aliphatic rings. The zero-order chi connectivity index (χ0) is 14.9. The highest BCUT2D eigenvalue weighted by molar-refractivity contribution is 7.91. The number of nitrogens with one attached hydrogen (secondary N) is 1. The van der Waals surface area contributed by atoms with Crippen LogP contribution >= 0.6 is 11.3 Å². The molecule has 0 saturated heterocycles. The Morgan fingerprint density at radius 2 is 1.76 bits per heavy atom. The molecule has 0 saturated carbocycles. The molecule has 5 heteroatoms. The zero-order valence-electron chi connectivity index (χ0n) is 11.5. The van der Waals surface area contributed by atoms with Gasteiger partial charge in [0.2, 0.25) is 0 Å². The van der Waals surface area contributed by atoms with Crippen LogP contribution in [0.3, 0.4) is 0 Å². The Bertz CT molecular complexity index is 855. The minimum Gasteiger partial charge on any atom is -0.206 e. The number of thiophene rings is 1. The van der Waals surface area contributed by atoms with Crippen molar-refractivity contribution < 1.29 is 8.42 Å². The van der Waals surface area contributed by atoms with Gasteiger partial charge in [-0.05, 0) is 40.8 Å². The van der Waals surface area contributed by atoms with Gasteiger partial charge in [0.05, 0.1) is 0 Å². The van der Waals surface area contributed by atoms with Crippen molar-refractivity contribution in [2.75, 3.05) is 0 Å². The van der Waals surface area contributed by atoms with Crippen molar-refractivity contribution in [1.29, 1.82) is 0 Å². The second-order valence-electron chi connectivity index (χ2n) is 4.88. The van der Waals surface area contributed by atoms with E-state index < -0.39 is 10.0 Å². The van der Waals surface area contributed by atoms with Crippen molar-refractivity contribution in [2.24, 2.45) is 0 Å². The van der Waals surface area contributed by atoms with Crippen molar-refractivity contribution in [3.05, 3.63) is 65.5 Å². The fourth-order valence-electron chi connectivity index (χ4n) is 2.25. The Labute approximate surface area is 128 Å². The van der Waals surface area contributed by atoms with Crippen LogP contribution in [-0.2, 0) is 10.0 Å². The first-order chi connectivity index (χ1) is 10.1. The zero-order valence-corrected chi connectivity index (χ0v) is 13.1. The van der Waals surface area contributed by atoms with E-state index in [4.69, 9.17) is 0 Å². The summed E-state index contributed by atoms with van der Waals surface area (Å²) in [6, 6.07) is 17.1. The SMILES string of the molecule is CC(NS(=O)(=O)c1cccs1)c1ccc2ccccc2c1. The van der Waals surface area contributed by atoms with Crippen molar-refractivity contribution in [3.63, 3.8) is 0 Å². The highest BCUT2D eigenvalue weighted by Gasteiger charge is 2.19. The minimum absolute atomic E-state index is 0.276. The van der Waals surface area contributed by atoms with Crippen LogP contribution in [0.2, 0.25) is 0 Å². The first-order valence-electron chi connectivity index (χ1n) is 6.61. The molecule has 0 aliphatic carbocycles. The van der Waals surface area contributed by atoms with E-state index in [0.29, 0.717) is 4.21 Å². The molecular weight excluding hydrogens is 302 g/mol. The Balaban J connectivity index is 1.89. The molecule has 0 amide bonds. The van der Waals surface area contributed by atoms with Gasteiger partial charge in [-0.2, -0.15) is 0 Å². The van der Waals surface area contributed by atoms with E-state index in [-0.39, 0.29) is 6.04 Å². The van der Waals surface area contributed by atoms with E-state index in [9.17, 15) is 8.42 Å². The Morgan fingerprint density at radius 3 is 2.48 bits per heavy atom. The van der Waals surface area contributed by atoms with Crippen LogP contribution in [0.1, 0.15) is 18.5 Å². The molecule has 0 bridgehead atoms. The molecule has 1 atom stereocenters. The van der Waals surface area contributed by atoms with Gasteiger partial charge in [-0.15, -0.1) is 11.3 Å². The van der Waals surface area contributed by atoms with Crippen molar-refractivity contribution in [2.45, 2.75) is 17.2 Å². The van der Waals surface area contributed by atoms with E-state index in [2.05, 4.69) is 4.72 Å².